The van der Waals surface area contributed by atoms with Crippen molar-refractivity contribution in [2.45, 2.75) is 46.6 Å². The molecule has 0 bridgehead atoms. The van der Waals surface area contributed by atoms with E-state index in [4.69, 9.17) is 0 Å². The number of nitrogens with one attached hydrogen (secondary N) is 2. The Balaban J connectivity index is 1.71. The SMILES string of the molecule is CCNC(=NCc1cccc(C)n1)NCCCN1CCC(C)CC1. The quantitative estimate of drug-likeness (QED) is 0.458. The fourth-order valence-corrected chi connectivity index (χ4v) is 2.98. The average Bonchev–Trinajstić information content (AvgIpc) is 2.58. The fourth-order valence-electron chi connectivity index (χ4n) is 2.98. The average molecular weight is 332 g/mol. The van der Waals surface area contributed by atoms with Gasteiger partial charge in [-0.15, -0.1) is 0 Å². The van der Waals surface area contributed by atoms with Crippen molar-refractivity contribution in [3.8, 4) is 0 Å². The zero-order chi connectivity index (χ0) is 17.2. The molecule has 1 saturated heterocycles. The van der Waals surface area contributed by atoms with Crippen LogP contribution in [0.25, 0.3) is 0 Å². The van der Waals surface area contributed by atoms with Gasteiger partial charge in [-0.05, 0) is 70.8 Å². The van der Waals surface area contributed by atoms with Gasteiger partial charge in [0.15, 0.2) is 5.96 Å². The normalized spacial score (nSPS) is 17.0. The van der Waals surface area contributed by atoms with Gasteiger partial charge in [0.05, 0.1) is 12.2 Å². The van der Waals surface area contributed by atoms with Crippen molar-refractivity contribution >= 4 is 5.96 Å². The molecule has 0 radical (unpaired) electrons. The Morgan fingerprint density at radius 1 is 1.29 bits per heavy atom. The number of hydrogen-bond donors (Lipinski definition) is 2. The summed E-state index contributed by atoms with van der Waals surface area (Å²) in [4.78, 5) is 11.7. The Morgan fingerprint density at radius 2 is 2.08 bits per heavy atom. The third-order valence-corrected chi connectivity index (χ3v) is 4.51. The molecule has 0 aromatic carbocycles. The van der Waals surface area contributed by atoms with Crippen LogP contribution < -0.4 is 10.6 Å². The van der Waals surface area contributed by atoms with Gasteiger partial charge in [-0.2, -0.15) is 0 Å². The first-order valence-electron chi connectivity index (χ1n) is 9.34. The summed E-state index contributed by atoms with van der Waals surface area (Å²) >= 11 is 0. The molecule has 0 unspecified atom stereocenters. The Morgan fingerprint density at radius 3 is 2.79 bits per heavy atom. The predicted octanol–water partition coefficient (Wildman–Crippen LogP) is 2.57. The van der Waals surface area contributed by atoms with E-state index in [1.165, 1.54) is 32.5 Å². The highest BCUT2D eigenvalue weighted by atomic mass is 15.2. The summed E-state index contributed by atoms with van der Waals surface area (Å²) < 4.78 is 0. The molecule has 2 rings (SSSR count). The molecule has 1 aliphatic heterocycles. The molecule has 2 N–H and O–H groups in total. The number of piperidine rings is 1. The van der Waals surface area contributed by atoms with E-state index in [1.54, 1.807) is 0 Å². The molecule has 1 aliphatic rings. The van der Waals surface area contributed by atoms with Crippen molar-refractivity contribution in [3.63, 3.8) is 0 Å². The minimum absolute atomic E-state index is 0.612. The Labute approximate surface area is 147 Å². The Hall–Kier alpha value is -1.62. The van der Waals surface area contributed by atoms with Crippen molar-refractivity contribution in [2.24, 2.45) is 10.9 Å². The summed E-state index contributed by atoms with van der Waals surface area (Å²) in [6.45, 7) is 12.6. The smallest absolute Gasteiger partial charge is 0.191 e. The maximum absolute atomic E-state index is 4.64. The Bertz CT molecular complexity index is 506. The molecule has 1 aromatic heterocycles. The summed E-state index contributed by atoms with van der Waals surface area (Å²) in [5, 5.41) is 6.75. The highest BCUT2D eigenvalue weighted by Crippen LogP contribution is 2.15. The summed E-state index contributed by atoms with van der Waals surface area (Å²) in [7, 11) is 0. The molecule has 1 aromatic rings. The number of nitrogens with zero attached hydrogens (tertiary/aromatic N) is 3. The first kappa shape index (κ1) is 18.7. The first-order chi connectivity index (χ1) is 11.7. The zero-order valence-electron chi connectivity index (χ0n) is 15.5. The van der Waals surface area contributed by atoms with Crippen molar-refractivity contribution in [1.29, 1.82) is 0 Å². The van der Waals surface area contributed by atoms with Gasteiger partial charge in [-0.1, -0.05) is 13.0 Å². The lowest BCUT2D eigenvalue weighted by Crippen LogP contribution is -2.39. The first-order valence-corrected chi connectivity index (χ1v) is 9.34. The van der Waals surface area contributed by atoms with E-state index in [2.05, 4.69) is 39.4 Å². The van der Waals surface area contributed by atoms with Crippen LogP contribution in [-0.4, -0.2) is 48.6 Å². The lowest BCUT2D eigenvalue weighted by atomic mass is 9.99. The molecule has 24 heavy (non-hydrogen) atoms. The van der Waals surface area contributed by atoms with Crippen LogP contribution in [0.3, 0.4) is 0 Å². The van der Waals surface area contributed by atoms with E-state index in [9.17, 15) is 0 Å². The number of likely N-dealkylation sites (tertiary alicyclic amines) is 1. The van der Waals surface area contributed by atoms with Crippen LogP contribution in [0.15, 0.2) is 23.2 Å². The van der Waals surface area contributed by atoms with Gasteiger partial charge in [-0.25, -0.2) is 4.99 Å². The summed E-state index contributed by atoms with van der Waals surface area (Å²) in [5.41, 5.74) is 2.05. The molecule has 0 amide bonds. The summed E-state index contributed by atoms with van der Waals surface area (Å²) in [6.07, 6.45) is 3.85. The second-order valence-corrected chi connectivity index (χ2v) is 6.77. The summed E-state index contributed by atoms with van der Waals surface area (Å²) in [5.74, 6) is 1.79. The fraction of sp³-hybridized carbons (Fsp3) is 0.684. The van der Waals surface area contributed by atoms with Gasteiger partial charge in [0, 0.05) is 18.8 Å². The third kappa shape index (κ3) is 6.87. The maximum Gasteiger partial charge on any atom is 0.191 e. The number of aromatic nitrogens is 1. The van der Waals surface area contributed by atoms with E-state index < -0.39 is 0 Å². The van der Waals surface area contributed by atoms with Crippen molar-refractivity contribution in [2.75, 3.05) is 32.7 Å². The van der Waals surface area contributed by atoms with Crippen LogP contribution in [0.1, 0.15) is 44.5 Å². The lowest BCUT2D eigenvalue weighted by Gasteiger charge is -2.30. The van der Waals surface area contributed by atoms with Gasteiger partial charge < -0.3 is 15.5 Å². The van der Waals surface area contributed by atoms with Crippen LogP contribution in [0.5, 0.6) is 0 Å². The summed E-state index contributed by atoms with van der Waals surface area (Å²) in [6, 6.07) is 6.07. The van der Waals surface area contributed by atoms with Crippen molar-refractivity contribution in [3.05, 3.63) is 29.6 Å². The molecule has 0 atom stereocenters. The monoisotopic (exact) mass is 331 g/mol. The van der Waals surface area contributed by atoms with Gasteiger partial charge in [0.2, 0.25) is 0 Å². The number of pyridine rings is 1. The van der Waals surface area contributed by atoms with Gasteiger partial charge in [0.25, 0.3) is 0 Å². The zero-order valence-corrected chi connectivity index (χ0v) is 15.5. The minimum Gasteiger partial charge on any atom is -0.357 e. The van der Waals surface area contributed by atoms with E-state index in [0.29, 0.717) is 6.54 Å². The number of aryl methyl sites for hydroxylation is 1. The minimum atomic E-state index is 0.612. The number of guanidine groups is 1. The number of rotatable bonds is 7. The van der Waals surface area contributed by atoms with Crippen LogP contribution in [0.2, 0.25) is 0 Å². The predicted molar refractivity (Wildman–Crippen MR) is 101 cm³/mol. The maximum atomic E-state index is 4.64. The van der Waals surface area contributed by atoms with E-state index >= 15 is 0 Å². The van der Waals surface area contributed by atoms with E-state index in [-0.39, 0.29) is 0 Å². The molecule has 0 saturated carbocycles. The second-order valence-electron chi connectivity index (χ2n) is 6.77. The topological polar surface area (TPSA) is 52.6 Å². The molecule has 0 spiro atoms. The molecular weight excluding hydrogens is 298 g/mol. The Kier molecular flexibility index (Phi) is 8.02. The molecule has 2 heterocycles. The number of aliphatic imine (C=N–C) groups is 1. The van der Waals surface area contributed by atoms with Gasteiger partial charge in [-0.3, -0.25) is 4.98 Å². The van der Waals surface area contributed by atoms with Crippen LogP contribution in [0, 0.1) is 12.8 Å². The van der Waals surface area contributed by atoms with E-state index in [0.717, 1.165) is 42.8 Å². The highest BCUT2D eigenvalue weighted by molar-refractivity contribution is 5.79. The van der Waals surface area contributed by atoms with Crippen LogP contribution in [0.4, 0.5) is 0 Å². The highest BCUT2D eigenvalue weighted by Gasteiger charge is 2.14. The number of hydrogen-bond acceptors (Lipinski definition) is 3. The van der Waals surface area contributed by atoms with E-state index in [1.807, 2.05) is 25.1 Å². The van der Waals surface area contributed by atoms with Crippen LogP contribution in [-0.2, 0) is 6.54 Å². The van der Waals surface area contributed by atoms with Crippen molar-refractivity contribution < 1.29 is 0 Å². The van der Waals surface area contributed by atoms with Crippen LogP contribution >= 0.6 is 0 Å². The molecule has 5 nitrogen and oxygen atoms in total. The molecule has 0 aliphatic carbocycles. The van der Waals surface area contributed by atoms with Gasteiger partial charge in [0.1, 0.15) is 0 Å². The molecule has 1 fully saturated rings. The van der Waals surface area contributed by atoms with Gasteiger partial charge >= 0.3 is 0 Å². The molecule has 5 heteroatoms. The molecule has 134 valence electrons. The lowest BCUT2D eigenvalue weighted by molar-refractivity contribution is 0.191. The largest absolute Gasteiger partial charge is 0.357 e. The standard InChI is InChI=1S/C19H33N5/c1-4-20-19(22-15-18-8-5-7-17(3)23-18)21-11-6-12-24-13-9-16(2)10-14-24/h5,7-8,16H,4,6,9-15H2,1-3H3,(H2,20,21,22). The third-order valence-electron chi connectivity index (χ3n) is 4.51. The second kappa shape index (κ2) is 10.3. The molecular formula is C19H33N5. The van der Waals surface area contributed by atoms with Crippen molar-refractivity contribution in [1.82, 2.24) is 20.5 Å².